The first-order chi connectivity index (χ1) is 60.5. The SMILES string of the molecule is C=C(C)C(=O)Oc1c(F)c(F)c(F)c(F)c1F.C=C(C)C(=O)Oc1c(F)c(F)cc(F)c1F.C=C(Cl)C(=O)Oc1c(F)c(F)c(F)c(F)c1F.C=C(Cl)C(=O)Oc1c(F)c(F)cc(F)c1F.C=C(Cl)C(=O)Oc1ccc(F)c(F)c1F.[2H]c1c(F)c(F)c(OC(=O)C(=C)Cl)c(F)c1F.[2H]c1c([2H])c(OC(=O)C(=C)Cl)c(F)c(F)c1F.[2H]c1c([2H])c(OC(=O)C(=C)Cl)c([2H])c([2H])c1F. The smallest absolute Gasteiger partial charge is 0.354 e. The van der Waals surface area contributed by atoms with Crippen LogP contribution in [0.25, 0.3) is 0 Å². The Balaban J connectivity index is 0.000000755. The van der Waals surface area contributed by atoms with Crippen LogP contribution >= 0.6 is 69.6 Å². The van der Waals surface area contributed by atoms with Crippen LogP contribution < -0.4 is 37.9 Å². The number of carbonyl (C=O) groups is 8. The van der Waals surface area contributed by atoms with Gasteiger partial charge in [-0.25, -0.2) is 113 Å². The van der Waals surface area contributed by atoms with Gasteiger partial charge in [-0.15, -0.1) is 0 Å². The lowest BCUT2D eigenvalue weighted by molar-refractivity contribution is -0.131. The summed E-state index contributed by atoms with van der Waals surface area (Å²) >= 11 is 30.6. The molecule has 8 rings (SSSR count). The maximum Gasteiger partial charge on any atom is 0.354 e. The zero-order chi connectivity index (χ0) is 103. The van der Waals surface area contributed by atoms with Crippen LogP contribution in [0.5, 0.6) is 46.0 Å². The highest BCUT2D eigenvalue weighted by Gasteiger charge is 2.33. The van der Waals surface area contributed by atoms with E-state index in [0.717, 1.165) is 13.0 Å². The standard InChI is InChI=1S/C10H5F5O2.C10H6F4O2.C9H2ClF5O2.2C9H3ClF4O2.2C9H4ClF3O2.C9H6ClFO2/c1-3(2)10(16)17-9-7(14)5(12)4(11)6(13)8(9)15;1-4(2)10(15)16-9-7(13)5(11)3-6(12)8(9)14;1-2(10)9(16)17-8-6(14)4(12)3(11)5(13)7(8)15;2*1-3(10)9(15)16-8-6(13)4(11)2-5(12)7(8)14;2*1-4(10)9(14)15-6-3-2-5(11)7(12)8(6)13;1-6(10)9(12)13-8-4-2-7(11)3-5-8/h1H2,2H3;3H,1H2,2H3;1H2;2*2H,1H2;2*2-3H,1H2;2-5H,1H2/i;;;2D;;2D,3D;;2D,3D,4D,5D. The number of rotatable bonds is 16. The Labute approximate surface area is 716 Å². The van der Waals surface area contributed by atoms with Crippen LogP contribution in [0.2, 0.25) is 0 Å². The van der Waals surface area contributed by atoms with Crippen LogP contribution in [0.1, 0.15) is 23.4 Å². The lowest BCUT2D eigenvalue weighted by Gasteiger charge is -2.08. The van der Waals surface area contributed by atoms with Crippen LogP contribution in [0.4, 0.5) is 127 Å². The molecule has 125 heavy (non-hydrogen) atoms. The van der Waals surface area contributed by atoms with Crippen molar-refractivity contribution in [2.24, 2.45) is 0 Å². The molecular weight excluding hydrogens is 1910 g/mol. The maximum absolute atomic E-state index is 13.2. The topological polar surface area (TPSA) is 210 Å². The summed E-state index contributed by atoms with van der Waals surface area (Å²) in [6.07, 6.45) is 0. The van der Waals surface area contributed by atoms with Gasteiger partial charge in [0.1, 0.15) is 41.8 Å². The van der Waals surface area contributed by atoms with E-state index in [0.29, 0.717) is 6.07 Å². The molecule has 0 aromatic heterocycles. The monoisotopic (exact) mass is 1940 g/mol. The fraction of sp³-hybridized carbons (Fsp3) is 0.0270. The normalized spacial score (nSPS) is 10.8. The second-order valence-electron chi connectivity index (χ2n) is 20.5. The van der Waals surface area contributed by atoms with Gasteiger partial charge in [0.15, 0.2) is 69.7 Å². The number of carbonyl (C=O) groups excluding carboxylic acids is 8. The summed E-state index contributed by atoms with van der Waals surface area (Å²) in [7, 11) is 0. The van der Waals surface area contributed by atoms with Gasteiger partial charge in [0.05, 0.1) is 9.60 Å². The van der Waals surface area contributed by atoms with E-state index < -0.39 is 335 Å². The molecule has 0 heterocycles. The summed E-state index contributed by atoms with van der Waals surface area (Å²) in [4.78, 5) is 87.2. The predicted octanol–water partition coefficient (Wildman–Crippen LogP) is 22.4. The van der Waals surface area contributed by atoms with Gasteiger partial charge < -0.3 is 37.9 Å². The number of ether oxygens (including phenoxy) is 8. The highest BCUT2D eigenvalue weighted by atomic mass is 35.5. The average molecular weight is 1950 g/mol. The Kier molecular flexibility index (Phi) is 38.6. The summed E-state index contributed by atoms with van der Waals surface area (Å²) < 4.78 is 455. The van der Waals surface area contributed by atoms with Crippen LogP contribution in [0, 0.1) is 169 Å². The molecule has 0 fully saturated rings. The fourth-order valence-corrected chi connectivity index (χ4v) is 6.12. The van der Waals surface area contributed by atoms with Crippen molar-refractivity contribution in [2.45, 2.75) is 13.8 Å². The molecule has 0 saturated heterocycles. The van der Waals surface area contributed by atoms with Crippen LogP contribution in [-0.2, 0) is 38.4 Å². The fourth-order valence-electron chi connectivity index (χ4n) is 5.89. The highest BCUT2D eigenvalue weighted by Crippen LogP contribution is 2.35. The number of halogens is 35. The van der Waals surface area contributed by atoms with Crippen molar-refractivity contribution < 1.29 is 213 Å². The van der Waals surface area contributed by atoms with Crippen molar-refractivity contribution in [3.05, 3.63) is 329 Å². The van der Waals surface area contributed by atoms with Gasteiger partial charge in [-0.3, -0.25) is 0 Å². The molecule has 0 aliphatic rings. The predicted molar refractivity (Wildman–Crippen MR) is 375 cm³/mol. The molecule has 8 aromatic rings. The molecular formula is C74H33Cl6F29O16. The van der Waals surface area contributed by atoms with Gasteiger partial charge in [0, 0.05) is 29.3 Å². The molecule has 16 nitrogen and oxygen atoms in total. The van der Waals surface area contributed by atoms with E-state index in [9.17, 15) is 166 Å². The summed E-state index contributed by atoms with van der Waals surface area (Å²) in [5, 5.41) is -3.85. The van der Waals surface area contributed by atoms with Crippen molar-refractivity contribution in [2.75, 3.05) is 0 Å². The first-order valence-corrected chi connectivity index (χ1v) is 31.9. The molecule has 670 valence electrons. The van der Waals surface area contributed by atoms with Gasteiger partial charge in [-0.2, -0.15) is 52.7 Å². The van der Waals surface area contributed by atoms with Gasteiger partial charge in [0.25, 0.3) is 0 Å². The zero-order valence-corrected chi connectivity index (χ0v) is 64.3. The van der Waals surface area contributed by atoms with Gasteiger partial charge >= 0.3 is 47.8 Å². The third-order valence-corrected chi connectivity index (χ3v) is 12.4. The minimum absolute atomic E-state index is 0.0163. The summed E-state index contributed by atoms with van der Waals surface area (Å²) in [5.74, 6) is -77.1. The molecule has 0 amide bonds. The summed E-state index contributed by atoms with van der Waals surface area (Å²) in [6, 6.07) is -5.99. The van der Waals surface area contributed by atoms with E-state index >= 15 is 0 Å². The zero-order valence-electron chi connectivity index (χ0n) is 66.7. The Morgan fingerprint density at radius 2 is 0.472 bits per heavy atom. The molecule has 0 saturated carbocycles. The molecule has 0 atom stereocenters. The number of benzene rings is 8. The van der Waals surface area contributed by atoms with E-state index in [-0.39, 0.29) is 23.3 Å². The number of esters is 8. The summed E-state index contributed by atoms with van der Waals surface area (Å²) in [5.41, 5.74) is -0.419. The lowest BCUT2D eigenvalue weighted by atomic mass is 10.2. The molecule has 0 aliphatic heterocycles. The van der Waals surface area contributed by atoms with Crippen LogP contribution in [0.15, 0.2) is 161 Å². The van der Waals surface area contributed by atoms with E-state index in [2.05, 4.69) is 90.5 Å². The Morgan fingerprint density at radius 1 is 0.240 bits per heavy atom. The molecule has 8 aromatic carbocycles. The Morgan fingerprint density at radius 3 is 0.760 bits per heavy atom. The van der Waals surface area contributed by atoms with E-state index in [1.54, 1.807) is 0 Å². The largest absolute Gasteiger partial charge is 0.422 e. The second-order valence-corrected chi connectivity index (χ2v) is 23.3. The molecule has 0 unspecified atom stereocenters. The Bertz CT molecular complexity index is 5310. The third-order valence-electron chi connectivity index (χ3n) is 11.5. The minimum atomic E-state index is -2.36. The van der Waals surface area contributed by atoms with E-state index in [4.69, 9.17) is 79.2 Å². The van der Waals surface area contributed by atoms with E-state index in [1.165, 1.54) is 6.92 Å². The molecule has 0 bridgehead atoms. The molecule has 51 heteroatoms. The molecule has 0 aliphatic carbocycles. The average Bonchev–Trinajstić information content (AvgIpc) is 0.800. The number of hydrogen-bond acceptors (Lipinski definition) is 16. The summed E-state index contributed by atoms with van der Waals surface area (Å²) in [6.45, 7) is 26.3. The lowest BCUT2D eigenvalue weighted by Crippen LogP contribution is -2.13. The van der Waals surface area contributed by atoms with Gasteiger partial charge in [-0.1, -0.05) is 122 Å². The first kappa shape index (κ1) is 97.6. The van der Waals surface area contributed by atoms with Gasteiger partial charge in [-0.05, 0) is 62.2 Å². The first-order valence-electron chi connectivity index (χ1n) is 33.2. The minimum Gasteiger partial charge on any atom is -0.422 e. The van der Waals surface area contributed by atoms with Crippen molar-refractivity contribution in [1.29, 1.82) is 0 Å². The molecule has 0 spiro atoms. The van der Waals surface area contributed by atoms with E-state index in [1.807, 2.05) is 0 Å². The second kappa shape index (κ2) is 49.4. The quantitative estimate of drug-likeness (QED) is 0.0220. The van der Waals surface area contributed by atoms with Crippen LogP contribution in [0.3, 0.4) is 0 Å². The van der Waals surface area contributed by atoms with Crippen molar-refractivity contribution in [3.8, 4) is 46.0 Å². The Hall–Kier alpha value is -12.9. The van der Waals surface area contributed by atoms with Crippen molar-refractivity contribution in [1.82, 2.24) is 0 Å². The maximum atomic E-state index is 13.2. The van der Waals surface area contributed by atoms with Crippen molar-refractivity contribution in [3.63, 3.8) is 0 Å². The van der Waals surface area contributed by atoms with Crippen LogP contribution in [-0.4, -0.2) is 47.8 Å². The van der Waals surface area contributed by atoms with Gasteiger partial charge in [0.2, 0.25) is 133 Å². The third kappa shape index (κ3) is 32.1. The number of hydrogen-bond donors (Lipinski definition) is 0. The highest BCUT2D eigenvalue weighted by molar-refractivity contribution is 6.43. The molecule has 0 radical (unpaired) electrons. The van der Waals surface area contributed by atoms with Crippen molar-refractivity contribution >= 4 is 117 Å². The molecule has 0 N–H and O–H groups in total.